The molecule has 15 heteroatoms. The number of nitrogen functional groups attached to an aromatic ring is 1. The molecule has 0 spiro atoms. The lowest BCUT2D eigenvalue weighted by Gasteiger charge is -2.33. The van der Waals surface area contributed by atoms with Gasteiger partial charge in [0.15, 0.2) is 11.5 Å². The van der Waals surface area contributed by atoms with E-state index in [-0.39, 0.29) is 18.8 Å². The number of anilines is 1. The molecule has 2 aromatic heterocycles. The highest BCUT2D eigenvalue weighted by atomic mass is 31.2. The maximum absolute atomic E-state index is 14.2. The quantitative estimate of drug-likeness (QED) is 0.191. The summed E-state index contributed by atoms with van der Waals surface area (Å²) in [6.45, 7) is 8.84. The Morgan fingerprint density at radius 2 is 1.82 bits per heavy atom. The van der Waals surface area contributed by atoms with Crippen molar-refractivity contribution in [2.75, 3.05) is 18.7 Å². The number of benzene rings is 1. The van der Waals surface area contributed by atoms with Gasteiger partial charge >= 0.3 is 12.1 Å². The van der Waals surface area contributed by atoms with Gasteiger partial charge in [0, 0.05) is 6.04 Å². The molecule has 0 fully saturated rings. The van der Waals surface area contributed by atoms with Crippen LogP contribution < -0.4 is 15.9 Å². The van der Waals surface area contributed by atoms with Gasteiger partial charge in [-0.25, -0.2) is 25.1 Å². The highest BCUT2D eigenvalue weighted by Gasteiger charge is 2.38. The summed E-state index contributed by atoms with van der Waals surface area (Å²) in [6.07, 6.45) is -1.81. The Morgan fingerprint density at radius 1 is 1.15 bits per heavy atom. The van der Waals surface area contributed by atoms with Crippen molar-refractivity contribution in [1.29, 1.82) is 0 Å². The van der Waals surface area contributed by atoms with E-state index >= 15 is 0 Å². The maximum Gasteiger partial charge on any atom is 0.416 e. The number of carbonyl (C=O) groups excluding carboxylic acids is 1. The minimum atomic E-state index is -4.47. The van der Waals surface area contributed by atoms with Crippen LogP contribution in [0.15, 0.2) is 36.9 Å². The first-order chi connectivity index (χ1) is 18.6. The van der Waals surface area contributed by atoms with E-state index in [1.165, 1.54) is 32.3 Å². The number of ether oxygens (including phenoxy) is 2. The van der Waals surface area contributed by atoms with Gasteiger partial charge in [-0.2, -0.15) is 13.2 Å². The largest absolute Gasteiger partial charge is 0.464 e. The molecule has 0 aliphatic carbocycles. The molecule has 11 nitrogen and oxygen atoms in total. The summed E-state index contributed by atoms with van der Waals surface area (Å²) in [5.74, 6) is -0.363. The molecule has 0 saturated carbocycles. The average molecular weight is 586 g/mol. The number of aromatic nitrogens is 4. The van der Waals surface area contributed by atoms with Gasteiger partial charge in [0.2, 0.25) is 7.44 Å². The number of rotatable bonds is 13. The zero-order valence-electron chi connectivity index (χ0n) is 23.0. The van der Waals surface area contributed by atoms with Crippen molar-refractivity contribution < 1.29 is 32.0 Å². The molecule has 1 aromatic carbocycles. The molecule has 40 heavy (non-hydrogen) atoms. The number of hydrogen-bond acceptors (Lipinski definition) is 8. The van der Waals surface area contributed by atoms with Crippen LogP contribution in [0.25, 0.3) is 11.2 Å². The van der Waals surface area contributed by atoms with E-state index in [9.17, 15) is 22.5 Å². The van der Waals surface area contributed by atoms with E-state index < -0.39 is 42.8 Å². The van der Waals surface area contributed by atoms with Gasteiger partial charge in [-0.1, -0.05) is 19.1 Å². The molecule has 0 aliphatic heterocycles. The van der Waals surface area contributed by atoms with Gasteiger partial charge < -0.3 is 19.8 Å². The van der Waals surface area contributed by atoms with Gasteiger partial charge in [-0.15, -0.1) is 0 Å². The van der Waals surface area contributed by atoms with Crippen molar-refractivity contribution >= 4 is 30.4 Å². The van der Waals surface area contributed by atoms with Crippen LogP contribution in [-0.2, 0) is 31.6 Å². The molecular weight excluding hydrogens is 550 g/mol. The second-order valence-electron chi connectivity index (χ2n) is 10.0. The molecule has 3 atom stereocenters. The molecule has 1 unspecified atom stereocenters. The Kier molecular flexibility index (Phi) is 9.94. The predicted molar refractivity (Wildman–Crippen MR) is 144 cm³/mol. The lowest BCUT2D eigenvalue weighted by molar-refractivity contribution is -0.149. The molecule has 0 amide bonds. The number of nitrogens with zero attached hydrogens (tertiary/aromatic N) is 4. The number of hydrogen-bond donors (Lipinski definition) is 3. The van der Waals surface area contributed by atoms with Crippen LogP contribution in [0.1, 0.15) is 58.2 Å². The van der Waals surface area contributed by atoms with Crippen molar-refractivity contribution in [2.24, 2.45) is 0 Å². The monoisotopic (exact) mass is 585 g/mol. The molecule has 220 valence electrons. The van der Waals surface area contributed by atoms with E-state index in [4.69, 9.17) is 15.2 Å². The second kappa shape index (κ2) is 12.6. The Balaban J connectivity index is 1.78. The second-order valence-corrected chi connectivity index (χ2v) is 12.2. The molecule has 3 rings (SSSR count). The van der Waals surface area contributed by atoms with Gasteiger partial charge in [0.1, 0.15) is 23.7 Å². The summed E-state index contributed by atoms with van der Waals surface area (Å²) in [4.78, 5) is 25.0. The average Bonchev–Trinajstić information content (AvgIpc) is 3.29. The van der Waals surface area contributed by atoms with Crippen LogP contribution >= 0.6 is 7.44 Å². The predicted octanol–water partition coefficient (Wildman–Crippen LogP) is 4.66. The number of esters is 1. The van der Waals surface area contributed by atoms with Crippen molar-refractivity contribution in [1.82, 2.24) is 29.7 Å². The fourth-order valence-corrected chi connectivity index (χ4v) is 6.35. The molecule has 0 saturated heterocycles. The molecule has 4 N–H and O–H groups in total. The molecule has 0 bridgehead atoms. The summed E-state index contributed by atoms with van der Waals surface area (Å²) in [5.41, 5.74) is 5.12. The van der Waals surface area contributed by atoms with Crippen molar-refractivity contribution in [3.05, 3.63) is 48.0 Å². The van der Waals surface area contributed by atoms with Crippen LogP contribution in [-0.4, -0.2) is 50.1 Å². The standard InChI is InChI=1S/C25H35F3N7O4P/c1-6-11-38-23(36)24(4,5)34-40(37,33-17(3)18-7-9-19(10-8-18)25(26,27)28)15-39-16(2)12-35-14-32-20-21(29)30-13-31-22(20)35/h7-10,13-14,16-17H,6,11-12,15H2,1-5H3,(H2,29,30,31)(H2,33,34,37)/t16-,17+,40?/m1/s1. The van der Waals surface area contributed by atoms with E-state index in [1.54, 1.807) is 24.7 Å². The van der Waals surface area contributed by atoms with Crippen LogP contribution in [0.3, 0.4) is 0 Å². The Labute approximate surface area is 230 Å². The lowest BCUT2D eigenvalue weighted by Crippen LogP contribution is -2.49. The highest BCUT2D eigenvalue weighted by Crippen LogP contribution is 2.42. The first-order valence-corrected chi connectivity index (χ1v) is 14.6. The van der Waals surface area contributed by atoms with E-state index in [1.807, 2.05) is 6.92 Å². The van der Waals surface area contributed by atoms with Crippen molar-refractivity contribution in [2.45, 2.75) is 71.4 Å². The summed E-state index contributed by atoms with van der Waals surface area (Å²) in [6, 6.07) is 3.89. The zero-order chi connectivity index (χ0) is 29.7. The van der Waals surface area contributed by atoms with E-state index in [2.05, 4.69) is 25.1 Å². The Bertz CT molecular complexity index is 1350. The Morgan fingerprint density at radius 3 is 2.45 bits per heavy atom. The van der Waals surface area contributed by atoms with Gasteiger partial charge in [-0.05, 0) is 51.8 Å². The maximum atomic E-state index is 14.2. The third-order valence-corrected chi connectivity index (χ3v) is 8.21. The SMILES string of the molecule is CCCOC(=O)C(C)(C)NP(=O)(CO[C@H](C)Cn1cnc2c(N)ncnc21)N[C@@H](C)c1ccc(C(F)(F)F)cc1. The minimum Gasteiger partial charge on any atom is -0.464 e. The summed E-state index contributed by atoms with van der Waals surface area (Å²) >= 11 is 0. The topological polar surface area (TPSA) is 146 Å². The number of nitrogens with two attached hydrogens (primary N) is 1. The van der Waals surface area contributed by atoms with Gasteiger partial charge in [-0.3, -0.25) is 9.36 Å². The van der Waals surface area contributed by atoms with Crippen molar-refractivity contribution in [3.8, 4) is 0 Å². The van der Waals surface area contributed by atoms with Crippen LogP contribution in [0.5, 0.6) is 0 Å². The third kappa shape index (κ3) is 8.00. The number of nitrogens with one attached hydrogen (secondary N) is 2. The van der Waals surface area contributed by atoms with Gasteiger partial charge in [0.25, 0.3) is 0 Å². The number of carbonyl (C=O) groups is 1. The van der Waals surface area contributed by atoms with Crippen LogP contribution in [0.2, 0.25) is 0 Å². The van der Waals surface area contributed by atoms with Crippen molar-refractivity contribution in [3.63, 3.8) is 0 Å². The summed E-state index contributed by atoms with van der Waals surface area (Å²) < 4.78 is 66.1. The molecule has 2 heterocycles. The normalized spacial score (nSPS) is 15.5. The summed E-state index contributed by atoms with van der Waals surface area (Å²) in [5, 5.41) is 5.84. The van der Waals surface area contributed by atoms with Crippen LogP contribution in [0, 0.1) is 0 Å². The summed E-state index contributed by atoms with van der Waals surface area (Å²) in [7, 11) is -3.71. The highest BCUT2D eigenvalue weighted by molar-refractivity contribution is 7.59. The van der Waals surface area contributed by atoms with E-state index in [0.717, 1.165) is 12.1 Å². The number of imidazole rings is 1. The number of halogens is 3. The number of alkyl halides is 3. The number of fused-ring (bicyclic) bond motifs is 1. The Hall–Kier alpha value is -3.06. The molecule has 0 aliphatic rings. The van der Waals surface area contributed by atoms with Crippen LogP contribution in [0.4, 0.5) is 19.0 Å². The van der Waals surface area contributed by atoms with E-state index in [0.29, 0.717) is 29.7 Å². The first-order valence-electron chi connectivity index (χ1n) is 12.7. The fourth-order valence-electron chi connectivity index (χ4n) is 3.92. The molecule has 3 aromatic rings. The first kappa shape index (κ1) is 31.5. The third-order valence-electron chi connectivity index (χ3n) is 5.97. The lowest BCUT2D eigenvalue weighted by atomic mass is 10.1. The minimum absolute atomic E-state index is 0.199. The van der Waals surface area contributed by atoms with Gasteiger partial charge in [0.05, 0.1) is 31.1 Å². The smallest absolute Gasteiger partial charge is 0.416 e. The molecular formula is C25H35F3N7O4P. The zero-order valence-corrected chi connectivity index (χ0v) is 23.9. The fraction of sp³-hybridized carbons (Fsp3) is 0.520. The molecule has 0 radical (unpaired) electrons.